The first-order valence-corrected chi connectivity index (χ1v) is 29.1. The summed E-state index contributed by atoms with van der Waals surface area (Å²) in [6.45, 7) is 3.81. The molecule has 1 amide bonds. The van der Waals surface area contributed by atoms with E-state index in [0.29, 0.717) is 6.42 Å². The van der Waals surface area contributed by atoms with Gasteiger partial charge in [-0.2, -0.15) is 0 Å². The summed E-state index contributed by atoms with van der Waals surface area (Å²) in [6.07, 6.45) is 53.8. The summed E-state index contributed by atoms with van der Waals surface area (Å²) in [5.41, 5.74) is 0. The van der Waals surface area contributed by atoms with Crippen molar-refractivity contribution < 1.29 is 39.8 Å². The summed E-state index contributed by atoms with van der Waals surface area (Å²) in [4.78, 5) is 13.1. The molecule has 0 aliphatic carbocycles. The maximum absolute atomic E-state index is 13.1. The van der Waals surface area contributed by atoms with Crippen LogP contribution < -0.4 is 5.32 Å². The number of hydrogen-bond acceptors (Lipinski definition) is 8. The second kappa shape index (κ2) is 48.3. The Morgan fingerprint density at radius 1 is 0.493 bits per heavy atom. The number of carbonyl (C=O) groups is 1. The third-order valence-corrected chi connectivity index (χ3v) is 14.0. The van der Waals surface area contributed by atoms with Gasteiger partial charge in [0.1, 0.15) is 24.4 Å². The van der Waals surface area contributed by atoms with Gasteiger partial charge in [0, 0.05) is 6.42 Å². The number of aliphatic hydroxyl groups is 5. The largest absolute Gasteiger partial charge is 0.394 e. The molecule has 9 heteroatoms. The summed E-state index contributed by atoms with van der Waals surface area (Å²) in [6, 6.07) is -0.803. The van der Waals surface area contributed by atoms with Gasteiger partial charge in [-0.25, -0.2) is 0 Å². The molecule has 396 valence electrons. The van der Waals surface area contributed by atoms with Crippen LogP contribution in [0.25, 0.3) is 0 Å². The molecule has 7 atom stereocenters. The van der Waals surface area contributed by atoms with Crippen molar-refractivity contribution in [3.8, 4) is 0 Å². The van der Waals surface area contributed by atoms with E-state index in [4.69, 9.17) is 9.47 Å². The summed E-state index contributed by atoms with van der Waals surface area (Å²) < 4.78 is 11.3. The fourth-order valence-corrected chi connectivity index (χ4v) is 9.39. The first-order chi connectivity index (χ1) is 32.8. The van der Waals surface area contributed by atoms with E-state index in [1.807, 2.05) is 6.08 Å². The highest BCUT2D eigenvalue weighted by molar-refractivity contribution is 5.76. The predicted molar refractivity (Wildman–Crippen MR) is 281 cm³/mol. The van der Waals surface area contributed by atoms with Crippen molar-refractivity contribution in [1.82, 2.24) is 5.32 Å². The van der Waals surface area contributed by atoms with Crippen LogP contribution in [0, 0.1) is 0 Å². The van der Waals surface area contributed by atoms with Gasteiger partial charge in [0.2, 0.25) is 5.91 Å². The zero-order valence-electron chi connectivity index (χ0n) is 43.9. The van der Waals surface area contributed by atoms with Crippen LogP contribution in [0.2, 0.25) is 0 Å². The van der Waals surface area contributed by atoms with Crippen molar-refractivity contribution in [2.45, 2.75) is 326 Å². The van der Waals surface area contributed by atoms with Gasteiger partial charge in [-0.1, -0.05) is 256 Å². The molecule has 0 aromatic rings. The molecule has 0 aromatic heterocycles. The van der Waals surface area contributed by atoms with Crippen LogP contribution in [0.3, 0.4) is 0 Å². The number of amides is 1. The van der Waals surface area contributed by atoms with Crippen molar-refractivity contribution in [1.29, 1.82) is 0 Å². The number of nitrogens with one attached hydrogen (secondary N) is 1. The van der Waals surface area contributed by atoms with Crippen molar-refractivity contribution in [3.63, 3.8) is 0 Å². The number of ether oxygens (including phenoxy) is 2. The second-order valence-electron chi connectivity index (χ2n) is 20.4. The molecule has 0 saturated carbocycles. The van der Waals surface area contributed by atoms with Crippen LogP contribution >= 0.6 is 0 Å². The van der Waals surface area contributed by atoms with Crippen molar-refractivity contribution in [3.05, 3.63) is 24.3 Å². The van der Waals surface area contributed by atoms with Gasteiger partial charge in [-0.3, -0.25) is 4.79 Å². The van der Waals surface area contributed by atoms with Crippen LogP contribution in [-0.4, -0.2) is 87.5 Å². The number of hydrogen-bond donors (Lipinski definition) is 6. The maximum Gasteiger partial charge on any atom is 0.220 e. The molecule has 6 N–H and O–H groups in total. The van der Waals surface area contributed by atoms with E-state index in [1.54, 1.807) is 6.08 Å². The van der Waals surface area contributed by atoms with Crippen molar-refractivity contribution in [2.75, 3.05) is 13.2 Å². The summed E-state index contributed by atoms with van der Waals surface area (Å²) in [5, 5.41) is 54.5. The van der Waals surface area contributed by atoms with E-state index in [0.717, 1.165) is 38.5 Å². The second-order valence-corrected chi connectivity index (χ2v) is 20.4. The molecule has 9 nitrogen and oxygen atoms in total. The van der Waals surface area contributed by atoms with E-state index < -0.39 is 49.5 Å². The highest BCUT2D eigenvalue weighted by Crippen LogP contribution is 2.23. The average Bonchev–Trinajstić information content (AvgIpc) is 3.33. The third-order valence-electron chi connectivity index (χ3n) is 14.0. The first kappa shape index (κ1) is 63.7. The molecule has 0 radical (unpaired) electrons. The molecule has 1 fully saturated rings. The molecule has 1 rings (SSSR count). The molecule has 7 unspecified atom stereocenters. The number of carbonyl (C=O) groups excluding carboxylic acids is 1. The predicted octanol–water partition coefficient (Wildman–Crippen LogP) is 14.2. The molecule has 67 heavy (non-hydrogen) atoms. The lowest BCUT2D eigenvalue weighted by atomic mass is 9.99. The molecule has 0 aromatic carbocycles. The number of aliphatic hydroxyl groups excluding tert-OH is 5. The smallest absolute Gasteiger partial charge is 0.220 e. The average molecular weight is 951 g/mol. The van der Waals surface area contributed by atoms with Gasteiger partial charge in [0.05, 0.1) is 25.4 Å². The van der Waals surface area contributed by atoms with E-state index in [9.17, 15) is 30.3 Å². The lowest BCUT2D eigenvalue weighted by Gasteiger charge is -2.40. The van der Waals surface area contributed by atoms with Crippen molar-refractivity contribution >= 4 is 5.91 Å². The lowest BCUT2D eigenvalue weighted by Crippen LogP contribution is -2.60. The van der Waals surface area contributed by atoms with Crippen LogP contribution in [0.15, 0.2) is 24.3 Å². The Morgan fingerprint density at radius 2 is 0.836 bits per heavy atom. The Morgan fingerprint density at radius 3 is 1.21 bits per heavy atom. The van der Waals surface area contributed by atoms with Gasteiger partial charge < -0.3 is 40.3 Å². The zero-order chi connectivity index (χ0) is 48.7. The minimum absolute atomic E-state index is 0.173. The Kier molecular flexibility index (Phi) is 45.9. The van der Waals surface area contributed by atoms with Crippen LogP contribution in [0.1, 0.15) is 284 Å². The fourth-order valence-electron chi connectivity index (χ4n) is 9.39. The van der Waals surface area contributed by atoms with Gasteiger partial charge >= 0.3 is 0 Å². The SMILES string of the molecule is CCCCCCCCCC/C=C\CCCCCCCCCCCCCCCC(=O)NC(COC1OC(CO)C(O)C(O)C1O)C(O)/C=C/CCCCCCCCCCCCCCCCCCC. The molecular formula is C58H111NO8. The van der Waals surface area contributed by atoms with Gasteiger partial charge in [-0.15, -0.1) is 0 Å². The third kappa shape index (κ3) is 38.1. The summed E-state index contributed by atoms with van der Waals surface area (Å²) in [7, 11) is 0. The van der Waals surface area contributed by atoms with Crippen LogP contribution in [0.5, 0.6) is 0 Å². The molecule has 0 spiro atoms. The molecule has 1 saturated heterocycles. The fraction of sp³-hybridized carbons (Fsp3) is 0.914. The van der Waals surface area contributed by atoms with Gasteiger partial charge in [0.15, 0.2) is 6.29 Å². The van der Waals surface area contributed by atoms with E-state index in [2.05, 4.69) is 31.3 Å². The highest BCUT2D eigenvalue weighted by Gasteiger charge is 2.44. The van der Waals surface area contributed by atoms with E-state index >= 15 is 0 Å². The quantitative estimate of drug-likeness (QED) is 0.0261. The molecule has 1 heterocycles. The van der Waals surface area contributed by atoms with Crippen molar-refractivity contribution in [2.24, 2.45) is 0 Å². The number of rotatable bonds is 50. The van der Waals surface area contributed by atoms with Crippen LogP contribution in [0.4, 0.5) is 0 Å². The van der Waals surface area contributed by atoms with E-state index in [1.165, 1.54) is 225 Å². The molecule has 1 aliphatic heterocycles. The Bertz CT molecular complexity index is 1100. The number of unbranched alkanes of at least 4 members (excludes halogenated alkanes) is 38. The first-order valence-electron chi connectivity index (χ1n) is 29.1. The normalized spacial score (nSPS) is 19.8. The summed E-state index contributed by atoms with van der Waals surface area (Å²) >= 11 is 0. The standard InChI is InChI=1S/C58H111NO8/c1-3-5-7-9-11-13-15-17-19-21-23-24-25-26-27-28-30-32-34-36-38-40-42-44-46-48-54(62)59-51(50-66-58-57(65)56(64)55(63)53(49-60)67-58)52(61)47-45-43-41-39-37-35-33-31-29-22-20-18-16-14-12-10-8-6-4-2/h21,23,45,47,51-53,55-58,60-61,63-65H,3-20,22,24-44,46,48-50H2,1-2H3,(H,59,62)/b23-21-,47-45+. The van der Waals surface area contributed by atoms with E-state index in [-0.39, 0.29) is 12.5 Å². The Hall–Kier alpha value is -1.33. The molecular weight excluding hydrogens is 839 g/mol. The minimum atomic E-state index is -1.56. The number of allylic oxidation sites excluding steroid dienone is 3. The maximum atomic E-state index is 13.1. The zero-order valence-corrected chi connectivity index (χ0v) is 43.9. The molecule has 0 bridgehead atoms. The molecule has 1 aliphatic rings. The van der Waals surface area contributed by atoms with Gasteiger partial charge in [0.25, 0.3) is 0 Å². The Balaban J connectivity index is 2.21. The van der Waals surface area contributed by atoms with Crippen LogP contribution in [-0.2, 0) is 14.3 Å². The topological polar surface area (TPSA) is 149 Å². The summed E-state index contributed by atoms with van der Waals surface area (Å²) in [5.74, 6) is -0.173. The van der Waals surface area contributed by atoms with Gasteiger partial charge in [-0.05, 0) is 44.9 Å². The lowest BCUT2D eigenvalue weighted by molar-refractivity contribution is -0.302. The minimum Gasteiger partial charge on any atom is -0.394 e. The Labute approximate surface area is 413 Å². The highest BCUT2D eigenvalue weighted by atomic mass is 16.7. The monoisotopic (exact) mass is 950 g/mol.